The zero-order valence-electron chi connectivity index (χ0n) is 9.61. The molecule has 0 unspecified atom stereocenters. The van der Waals surface area contributed by atoms with Crippen LogP contribution < -0.4 is 4.57 Å². The van der Waals surface area contributed by atoms with Gasteiger partial charge in [0.05, 0.1) is 0 Å². The van der Waals surface area contributed by atoms with Gasteiger partial charge in [0.2, 0.25) is 0 Å². The lowest BCUT2D eigenvalue weighted by atomic mass is 10.3. The summed E-state index contributed by atoms with van der Waals surface area (Å²) in [5.74, 6) is 0. The molecule has 1 aromatic carbocycles. The van der Waals surface area contributed by atoms with Gasteiger partial charge in [-0.3, -0.25) is 0 Å². The minimum absolute atomic E-state index is 0.884. The number of anilines is 1. The highest BCUT2D eigenvalue weighted by Gasteiger charge is 2.25. The first-order valence-electron chi connectivity index (χ1n) is 5.19. The van der Waals surface area contributed by atoms with E-state index in [1.807, 2.05) is 12.1 Å². The molecule has 1 aromatic rings. The van der Waals surface area contributed by atoms with Crippen molar-refractivity contribution in [2.24, 2.45) is 0 Å². The first-order chi connectivity index (χ1) is 7.11. The molecule has 0 aliphatic heterocycles. The molecule has 0 bridgehead atoms. The second-order valence-electron chi connectivity index (χ2n) is 4.09. The van der Waals surface area contributed by atoms with Gasteiger partial charge in [-0.15, -0.1) is 13.2 Å². The predicted molar refractivity (Wildman–Crippen MR) is 71.7 cm³/mol. The minimum atomic E-state index is -1.54. The summed E-state index contributed by atoms with van der Waals surface area (Å²) in [5.41, 5.74) is 3.36. The number of hydrogen-bond donors (Lipinski definition) is 0. The monoisotopic (exact) mass is 217 g/mol. The Bertz CT molecular complexity index is 330. The van der Waals surface area contributed by atoms with Crippen molar-refractivity contribution in [3.63, 3.8) is 0 Å². The molecule has 0 radical (unpaired) electrons. The Kier molecular flexibility index (Phi) is 3.92. The summed E-state index contributed by atoms with van der Waals surface area (Å²) in [5, 5.41) is 0. The standard InChI is InChI=1S/C13H19NSi/c1-5-12-14(15(3,4)6-2)13-10-8-7-9-11-13/h5-11H,1-2,12H2,3-4H3. The molecule has 1 rings (SSSR count). The minimum Gasteiger partial charge on any atom is -0.391 e. The molecule has 0 atom stereocenters. The van der Waals surface area contributed by atoms with Crippen LogP contribution in [0.25, 0.3) is 0 Å². The number of nitrogens with zero attached hydrogens (tertiary/aromatic N) is 1. The van der Waals surface area contributed by atoms with Crippen LogP contribution in [-0.4, -0.2) is 14.8 Å². The van der Waals surface area contributed by atoms with E-state index in [4.69, 9.17) is 0 Å². The second kappa shape index (κ2) is 4.98. The van der Waals surface area contributed by atoms with Gasteiger partial charge in [0.1, 0.15) is 0 Å². The van der Waals surface area contributed by atoms with Gasteiger partial charge >= 0.3 is 0 Å². The maximum atomic E-state index is 3.95. The van der Waals surface area contributed by atoms with E-state index >= 15 is 0 Å². The number of para-hydroxylation sites is 1. The van der Waals surface area contributed by atoms with Crippen LogP contribution in [0.15, 0.2) is 55.3 Å². The molecule has 0 spiro atoms. The molecule has 0 saturated carbocycles. The number of benzene rings is 1. The van der Waals surface area contributed by atoms with E-state index in [1.54, 1.807) is 0 Å². The smallest absolute Gasteiger partial charge is 0.174 e. The summed E-state index contributed by atoms with van der Waals surface area (Å²) in [4.78, 5) is 0. The molecule has 1 nitrogen and oxygen atoms in total. The third-order valence-corrected chi connectivity index (χ3v) is 5.41. The molecule has 0 aliphatic carbocycles. The summed E-state index contributed by atoms with van der Waals surface area (Å²) < 4.78 is 2.41. The van der Waals surface area contributed by atoms with Gasteiger partial charge in [0.25, 0.3) is 0 Å². The van der Waals surface area contributed by atoms with Gasteiger partial charge in [0, 0.05) is 12.2 Å². The van der Waals surface area contributed by atoms with Crippen LogP contribution in [0.1, 0.15) is 0 Å². The molecule has 0 aliphatic rings. The van der Waals surface area contributed by atoms with Crippen molar-refractivity contribution in [3.8, 4) is 0 Å². The maximum absolute atomic E-state index is 3.95. The van der Waals surface area contributed by atoms with Crippen molar-refractivity contribution in [3.05, 3.63) is 55.3 Å². The summed E-state index contributed by atoms with van der Waals surface area (Å²) in [6, 6.07) is 10.5. The van der Waals surface area contributed by atoms with Gasteiger partial charge in [-0.2, -0.15) is 0 Å². The average molecular weight is 217 g/mol. The first kappa shape index (κ1) is 11.8. The highest BCUT2D eigenvalue weighted by molar-refractivity contribution is 6.85. The van der Waals surface area contributed by atoms with Crippen molar-refractivity contribution in [1.29, 1.82) is 0 Å². The Balaban J connectivity index is 3.03. The number of rotatable bonds is 5. The lowest BCUT2D eigenvalue weighted by Crippen LogP contribution is -2.47. The number of hydrogen-bond acceptors (Lipinski definition) is 1. The van der Waals surface area contributed by atoms with Crippen LogP contribution in [0.5, 0.6) is 0 Å². The van der Waals surface area contributed by atoms with E-state index in [-0.39, 0.29) is 0 Å². The van der Waals surface area contributed by atoms with E-state index in [1.165, 1.54) is 5.69 Å². The van der Waals surface area contributed by atoms with E-state index in [2.05, 4.69) is 60.8 Å². The quantitative estimate of drug-likeness (QED) is 0.538. The molecule has 0 fully saturated rings. The van der Waals surface area contributed by atoms with Gasteiger partial charge in [-0.05, 0) is 25.2 Å². The molecule has 0 amide bonds. The van der Waals surface area contributed by atoms with Crippen LogP contribution >= 0.6 is 0 Å². The first-order valence-corrected chi connectivity index (χ1v) is 8.21. The highest BCUT2D eigenvalue weighted by atomic mass is 28.3. The van der Waals surface area contributed by atoms with Crippen molar-refractivity contribution in [2.45, 2.75) is 13.1 Å². The fraction of sp³-hybridized carbons (Fsp3) is 0.231. The lowest BCUT2D eigenvalue weighted by molar-refractivity contribution is 1.14. The molecule has 15 heavy (non-hydrogen) atoms. The van der Waals surface area contributed by atoms with E-state index in [0.29, 0.717) is 0 Å². The molecular weight excluding hydrogens is 198 g/mol. The van der Waals surface area contributed by atoms with Gasteiger partial charge in [0.15, 0.2) is 8.24 Å². The summed E-state index contributed by atoms with van der Waals surface area (Å²) >= 11 is 0. The molecule has 0 N–H and O–H groups in total. The van der Waals surface area contributed by atoms with Crippen molar-refractivity contribution >= 4 is 13.9 Å². The summed E-state index contributed by atoms with van der Waals surface area (Å²) in [6.45, 7) is 13.2. The zero-order valence-corrected chi connectivity index (χ0v) is 10.6. The maximum Gasteiger partial charge on any atom is 0.174 e. The molecular formula is C13H19NSi. The fourth-order valence-corrected chi connectivity index (χ4v) is 3.16. The molecule has 0 saturated heterocycles. The van der Waals surface area contributed by atoms with Crippen LogP contribution in [-0.2, 0) is 0 Å². The molecule has 2 heteroatoms. The van der Waals surface area contributed by atoms with Crippen molar-refractivity contribution in [2.75, 3.05) is 11.1 Å². The lowest BCUT2D eigenvalue weighted by Gasteiger charge is -2.36. The van der Waals surface area contributed by atoms with Crippen LogP contribution in [0.3, 0.4) is 0 Å². The van der Waals surface area contributed by atoms with Gasteiger partial charge in [-0.1, -0.05) is 30.0 Å². The summed E-state index contributed by atoms with van der Waals surface area (Å²) in [7, 11) is -1.54. The largest absolute Gasteiger partial charge is 0.391 e. The van der Waals surface area contributed by atoms with E-state index < -0.39 is 8.24 Å². The summed E-state index contributed by atoms with van der Waals surface area (Å²) in [6.07, 6.45) is 1.95. The average Bonchev–Trinajstić information content (AvgIpc) is 2.27. The third kappa shape index (κ3) is 2.83. The fourth-order valence-electron chi connectivity index (χ4n) is 1.52. The van der Waals surface area contributed by atoms with Gasteiger partial charge in [-0.25, -0.2) is 0 Å². The Morgan fingerprint density at radius 2 is 1.80 bits per heavy atom. The second-order valence-corrected chi connectivity index (χ2v) is 8.35. The Hall–Kier alpha value is -1.28. The molecule has 0 aromatic heterocycles. The third-order valence-electron chi connectivity index (χ3n) is 2.57. The molecule has 80 valence electrons. The topological polar surface area (TPSA) is 3.24 Å². The van der Waals surface area contributed by atoms with Gasteiger partial charge < -0.3 is 4.57 Å². The Morgan fingerprint density at radius 1 is 1.20 bits per heavy atom. The predicted octanol–water partition coefficient (Wildman–Crippen LogP) is 3.61. The van der Waals surface area contributed by atoms with Crippen LogP contribution in [0.4, 0.5) is 5.69 Å². The van der Waals surface area contributed by atoms with E-state index in [0.717, 1.165) is 6.54 Å². The van der Waals surface area contributed by atoms with Crippen molar-refractivity contribution < 1.29 is 0 Å². The Labute approximate surface area is 93.8 Å². The normalized spacial score (nSPS) is 10.8. The SMILES string of the molecule is C=CCN(c1ccccc1)[Si](C)(C)C=C. The van der Waals surface area contributed by atoms with E-state index in [9.17, 15) is 0 Å². The Morgan fingerprint density at radius 3 is 2.27 bits per heavy atom. The van der Waals surface area contributed by atoms with Crippen molar-refractivity contribution in [1.82, 2.24) is 0 Å². The zero-order chi connectivity index (χ0) is 11.3. The molecule has 0 heterocycles. The highest BCUT2D eigenvalue weighted by Crippen LogP contribution is 2.21. The van der Waals surface area contributed by atoms with Crippen LogP contribution in [0, 0.1) is 0 Å². The van der Waals surface area contributed by atoms with Crippen LogP contribution in [0.2, 0.25) is 13.1 Å².